The van der Waals surface area contributed by atoms with E-state index >= 15 is 0 Å². The van der Waals surface area contributed by atoms with Gasteiger partial charge >= 0.3 is 0 Å². The second-order valence-electron chi connectivity index (χ2n) is 4.24. The minimum absolute atomic E-state index is 0.172. The van der Waals surface area contributed by atoms with E-state index in [-0.39, 0.29) is 5.91 Å². The van der Waals surface area contributed by atoms with E-state index in [4.69, 9.17) is 11.6 Å². The first-order valence-electron chi connectivity index (χ1n) is 6.22. The van der Waals surface area contributed by atoms with Gasteiger partial charge in [0.2, 0.25) is 0 Å². The SMILES string of the molecule is O=C(NCc1nncn1-c1ccccc1)c1ccc(Cl)s1. The van der Waals surface area contributed by atoms with Crippen LogP contribution in [0.1, 0.15) is 15.5 Å². The molecule has 2 heterocycles. The number of benzene rings is 1. The van der Waals surface area contributed by atoms with Crippen LogP contribution >= 0.6 is 22.9 Å². The number of hydrogen-bond acceptors (Lipinski definition) is 4. The van der Waals surface area contributed by atoms with Gasteiger partial charge in [0.25, 0.3) is 5.91 Å². The lowest BCUT2D eigenvalue weighted by atomic mass is 10.3. The molecule has 0 bridgehead atoms. The van der Waals surface area contributed by atoms with Crippen molar-refractivity contribution in [3.8, 4) is 5.69 Å². The first-order chi connectivity index (χ1) is 10.2. The zero-order valence-corrected chi connectivity index (χ0v) is 12.4. The molecule has 0 spiro atoms. The Morgan fingerprint density at radius 1 is 1.24 bits per heavy atom. The summed E-state index contributed by atoms with van der Waals surface area (Å²) in [6, 6.07) is 13.1. The van der Waals surface area contributed by atoms with E-state index in [1.807, 2.05) is 34.9 Å². The smallest absolute Gasteiger partial charge is 0.261 e. The van der Waals surface area contributed by atoms with Crippen LogP contribution in [0.2, 0.25) is 4.34 Å². The van der Waals surface area contributed by atoms with Crippen LogP contribution < -0.4 is 5.32 Å². The van der Waals surface area contributed by atoms with Gasteiger partial charge in [0.15, 0.2) is 5.82 Å². The summed E-state index contributed by atoms with van der Waals surface area (Å²) < 4.78 is 2.43. The third-order valence-corrected chi connectivity index (χ3v) is 4.09. The molecule has 1 aromatic carbocycles. The third-order valence-electron chi connectivity index (χ3n) is 2.86. The maximum Gasteiger partial charge on any atom is 0.261 e. The van der Waals surface area contributed by atoms with Gasteiger partial charge in [-0.25, -0.2) is 0 Å². The fourth-order valence-electron chi connectivity index (χ4n) is 1.87. The van der Waals surface area contributed by atoms with Crippen LogP contribution in [0.25, 0.3) is 5.69 Å². The van der Waals surface area contributed by atoms with E-state index in [1.165, 1.54) is 11.3 Å². The highest BCUT2D eigenvalue weighted by molar-refractivity contribution is 7.17. The molecule has 0 radical (unpaired) electrons. The molecular formula is C14H11ClN4OS. The van der Waals surface area contributed by atoms with Gasteiger partial charge in [-0.1, -0.05) is 29.8 Å². The number of halogens is 1. The largest absolute Gasteiger partial charge is 0.344 e. The minimum atomic E-state index is -0.172. The second-order valence-corrected chi connectivity index (χ2v) is 5.95. The molecule has 0 aliphatic heterocycles. The number of hydrogen-bond donors (Lipinski definition) is 1. The van der Waals surface area contributed by atoms with E-state index in [0.717, 1.165) is 5.69 Å². The molecule has 5 nitrogen and oxygen atoms in total. The number of carbonyl (C=O) groups is 1. The van der Waals surface area contributed by atoms with Gasteiger partial charge in [0.1, 0.15) is 6.33 Å². The second kappa shape index (κ2) is 6.07. The van der Waals surface area contributed by atoms with Crippen molar-refractivity contribution in [3.63, 3.8) is 0 Å². The van der Waals surface area contributed by atoms with Crippen molar-refractivity contribution in [1.82, 2.24) is 20.1 Å². The van der Waals surface area contributed by atoms with Gasteiger partial charge in [-0.05, 0) is 24.3 Å². The maximum absolute atomic E-state index is 12.0. The highest BCUT2D eigenvalue weighted by Crippen LogP contribution is 2.21. The van der Waals surface area contributed by atoms with Crippen molar-refractivity contribution in [3.05, 3.63) is 63.8 Å². The Kier molecular flexibility index (Phi) is 3.98. The van der Waals surface area contributed by atoms with Gasteiger partial charge in [0, 0.05) is 5.69 Å². The number of amides is 1. The van der Waals surface area contributed by atoms with Gasteiger partial charge < -0.3 is 5.32 Å². The summed E-state index contributed by atoms with van der Waals surface area (Å²) in [5.74, 6) is 0.492. The summed E-state index contributed by atoms with van der Waals surface area (Å²) in [6.45, 7) is 0.295. The molecule has 0 unspecified atom stereocenters. The van der Waals surface area contributed by atoms with Crippen LogP contribution in [-0.4, -0.2) is 20.7 Å². The maximum atomic E-state index is 12.0. The molecule has 0 fully saturated rings. The molecule has 1 N–H and O–H groups in total. The van der Waals surface area contributed by atoms with E-state index in [0.29, 0.717) is 21.6 Å². The standard InChI is InChI=1S/C14H11ClN4OS/c15-12-7-6-11(21-12)14(20)16-8-13-18-17-9-19(13)10-4-2-1-3-5-10/h1-7,9H,8H2,(H,16,20). The lowest BCUT2D eigenvalue weighted by molar-refractivity contribution is 0.0954. The van der Waals surface area contributed by atoms with Crippen molar-refractivity contribution in [2.75, 3.05) is 0 Å². The van der Waals surface area contributed by atoms with Crippen molar-refractivity contribution < 1.29 is 4.79 Å². The Balaban J connectivity index is 1.72. The number of nitrogens with zero attached hydrogens (tertiary/aromatic N) is 3. The van der Waals surface area contributed by atoms with Crippen molar-refractivity contribution >= 4 is 28.8 Å². The van der Waals surface area contributed by atoms with Gasteiger partial charge in [-0.15, -0.1) is 21.5 Å². The zero-order valence-electron chi connectivity index (χ0n) is 10.9. The van der Waals surface area contributed by atoms with Gasteiger partial charge in [0.05, 0.1) is 15.8 Å². The first-order valence-corrected chi connectivity index (χ1v) is 7.41. The van der Waals surface area contributed by atoms with Crippen LogP contribution in [0.4, 0.5) is 0 Å². The first kappa shape index (κ1) is 13.8. The van der Waals surface area contributed by atoms with E-state index < -0.39 is 0 Å². The van der Waals surface area contributed by atoms with E-state index in [9.17, 15) is 4.79 Å². The average molecular weight is 319 g/mol. The Morgan fingerprint density at radius 2 is 2.05 bits per heavy atom. The summed E-state index contributed by atoms with van der Waals surface area (Å²) in [5, 5.41) is 10.7. The van der Waals surface area contributed by atoms with E-state index in [1.54, 1.807) is 18.5 Å². The zero-order chi connectivity index (χ0) is 14.7. The third kappa shape index (κ3) is 3.12. The molecule has 0 saturated carbocycles. The molecule has 7 heteroatoms. The van der Waals surface area contributed by atoms with Crippen molar-refractivity contribution in [2.45, 2.75) is 6.54 Å². The molecule has 0 saturated heterocycles. The number of aromatic nitrogens is 3. The lowest BCUT2D eigenvalue weighted by Crippen LogP contribution is -2.23. The van der Waals surface area contributed by atoms with Crippen LogP contribution in [0, 0.1) is 0 Å². The normalized spacial score (nSPS) is 10.5. The summed E-state index contributed by atoms with van der Waals surface area (Å²) >= 11 is 7.07. The van der Waals surface area contributed by atoms with Crippen molar-refractivity contribution in [1.29, 1.82) is 0 Å². The molecule has 0 atom stereocenters. The molecular weight excluding hydrogens is 308 g/mol. The Bertz CT molecular complexity index is 753. The summed E-state index contributed by atoms with van der Waals surface area (Å²) in [4.78, 5) is 12.6. The Morgan fingerprint density at radius 3 is 2.76 bits per heavy atom. The van der Waals surface area contributed by atoms with Crippen LogP contribution in [0.5, 0.6) is 0 Å². The van der Waals surface area contributed by atoms with Gasteiger partial charge in [-0.2, -0.15) is 0 Å². The summed E-state index contributed by atoms with van der Waals surface area (Å²) in [7, 11) is 0. The predicted molar refractivity (Wildman–Crippen MR) is 81.9 cm³/mol. The molecule has 0 aliphatic carbocycles. The monoisotopic (exact) mass is 318 g/mol. The molecule has 21 heavy (non-hydrogen) atoms. The molecule has 0 aliphatic rings. The molecule has 106 valence electrons. The number of carbonyl (C=O) groups excluding carboxylic acids is 1. The number of thiophene rings is 1. The number of para-hydroxylation sites is 1. The fraction of sp³-hybridized carbons (Fsp3) is 0.0714. The molecule has 1 amide bonds. The van der Waals surface area contributed by atoms with Crippen LogP contribution in [-0.2, 0) is 6.54 Å². The average Bonchev–Trinajstić information content (AvgIpc) is 3.14. The van der Waals surface area contributed by atoms with E-state index in [2.05, 4.69) is 15.5 Å². The summed E-state index contributed by atoms with van der Waals surface area (Å²) in [5.41, 5.74) is 0.950. The fourth-order valence-corrected chi connectivity index (χ4v) is 2.83. The van der Waals surface area contributed by atoms with Crippen molar-refractivity contribution in [2.24, 2.45) is 0 Å². The van der Waals surface area contributed by atoms with Gasteiger partial charge in [-0.3, -0.25) is 9.36 Å². The molecule has 3 rings (SSSR count). The van der Waals surface area contributed by atoms with Crippen LogP contribution in [0.3, 0.4) is 0 Å². The summed E-state index contributed by atoms with van der Waals surface area (Å²) in [6.07, 6.45) is 1.62. The Labute approximate surface area is 130 Å². The molecule has 2 aromatic heterocycles. The number of nitrogens with one attached hydrogen (secondary N) is 1. The predicted octanol–water partition coefficient (Wildman–Crippen LogP) is 2.91. The number of rotatable bonds is 4. The highest BCUT2D eigenvalue weighted by Gasteiger charge is 2.11. The van der Waals surface area contributed by atoms with Crippen LogP contribution in [0.15, 0.2) is 48.8 Å². The lowest BCUT2D eigenvalue weighted by Gasteiger charge is -2.07. The topological polar surface area (TPSA) is 59.8 Å². The highest BCUT2D eigenvalue weighted by atomic mass is 35.5. The quantitative estimate of drug-likeness (QED) is 0.804. The minimum Gasteiger partial charge on any atom is -0.344 e. The molecule has 3 aromatic rings. The Hall–Kier alpha value is -2.18.